The molecule has 12 heavy (non-hydrogen) atoms. The Morgan fingerprint density at radius 1 is 1.33 bits per heavy atom. The van der Waals surface area contributed by atoms with E-state index in [4.69, 9.17) is 10.8 Å². The molecular weight excluding hydrogens is 160 g/mol. The van der Waals surface area contributed by atoms with Crippen molar-refractivity contribution < 1.29 is 14.7 Å². The number of likely N-dealkylation sites (tertiary alicyclic amines) is 1. The number of carbonyl (C=O) groups excluding carboxylic acids is 1. The van der Waals surface area contributed by atoms with Crippen LogP contribution in [0, 0.1) is 5.92 Å². The number of aliphatic carboxylic acids is 1. The maximum atomic E-state index is 10.5. The quantitative estimate of drug-likeness (QED) is 0.611. The van der Waals surface area contributed by atoms with Crippen LogP contribution < -0.4 is 5.73 Å². The van der Waals surface area contributed by atoms with E-state index >= 15 is 0 Å². The predicted octanol–water partition coefficient (Wildman–Crippen LogP) is 0.186. The van der Waals surface area contributed by atoms with Gasteiger partial charge in [0.2, 0.25) is 0 Å². The van der Waals surface area contributed by atoms with Crippen molar-refractivity contribution in [3.05, 3.63) is 0 Å². The van der Waals surface area contributed by atoms with E-state index in [9.17, 15) is 9.59 Å². The van der Waals surface area contributed by atoms with Crippen molar-refractivity contribution in [2.75, 3.05) is 13.1 Å². The Bertz CT molecular complexity index is 175. The van der Waals surface area contributed by atoms with E-state index < -0.39 is 12.0 Å². The van der Waals surface area contributed by atoms with Crippen molar-refractivity contribution in [2.45, 2.75) is 12.8 Å². The number of carbonyl (C=O) groups is 2. The van der Waals surface area contributed by atoms with Gasteiger partial charge in [0.1, 0.15) is 0 Å². The third-order valence-electron chi connectivity index (χ3n) is 2.13. The van der Waals surface area contributed by atoms with Crippen LogP contribution in [0.1, 0.15) is 12.8 Å². The van der Waals surface area contributed by atoms with Crippen molar-refractivity contribution >= 4 is 12.0 Å². The largest absolute Gasteiger partial charge is 0.481 e. The molecule has 0 atom stereocenters. The average molecular weight is 171 g/mol. The zero-order chi connectivity index (χ0) is 9.14. The van der Waals surface area contributed by atoms with Gasteiger partial charge in [-0.05, 0) is 12.8 Å². The summed E-state index contributed by atoms with van der Waals surface area (Å²) in [7, 11) is 0. The number of nitrogens with one attached hydrogen (secondary N) is 1. The summed E-state index contributed by atoms with van der Waals surface area (Å²) in [5.74, 6) is -1.13. The number of rotatable bonds is 1. The van der Waals surface area contributed by atoms with E-state index in [1.54, 1.807) is 0 Å². The summed E-state index contributed by atoms with van der Waals surface area (Å²) in [6.45, 7) is 0.804. The molecule has 1 fully saturated rings. The van der Waals surface area contributed by atoms with Gasteiger partial charge in [-0.2, -0.15) is 0 Å². The monoisotopic (exact) mass is 171 g/mol. The molecule has 2 N–H and O–H groups in total. The van der Waals surface area contributed by atoms with Crippen LogP contribution in [0.25, 0.3) is 0 Å². The second-order valence-electron chi connectivity index (χ2n) is 2.90. The minimum Gasteiger partial charge on any atom is -0.481 e. The first-order chi connectivity index (χ1) is 5.61. The number of hydrogen-bond acceptors (Lipinski definition) is 2. The summed E-state index contributed by atoms with van der Waals surface area (Å²) in [5, 5.41) is 8.61. The van der Waals surface area contributed by atoms with Gasteiger partial charge in [0.25, 0.3) is 0 Å². The zero-order valence-electron chi connectivity index (χ0n) is 6.62. The van der Waals surface area contributed by atoms with Gasteiger partial charge in [-0.15, -0.1) is 0 Å². The molecule has 0 saturated carbocycles. The van der Waals surface area contributed by atoms with Gasteiger partial charge in [-0.25, -0.2) is 10.5 Å². The summed E-state index contributed by atoms with van der Waals surface area (Å²) >= 11 is 0. The molecular formula is C7H11N2O3. The fourth-order valence-electron chi connectivity index (χ4n) is 1.33. The molecule has 0 aliphatic carbocycles. The normalized spacial score (nSPS) is 19.2. The van der Waals surface area contributed by atoms with Crippen molar-refractivity contribution in [3.8, 4) is 0 Å². The van der Waals surface area contributed by atoms with Crippen LogP contribution in [0.5, 0.6) is 0 Å². The number of hydrogen-bond donors (Lipinski definition) is 1. The van der Waals surface area contributed by atoms with Crippen LogP contribution >= 0.6 is 0 Å². The Kier molecular flexibility index (Phi) is 2.52. The van der Waals surface area contributed by atoms with Crippen molar-refractivity contribution in [2.24, 2.45) is 5.92 Å². The van der Waals surface area contributed by atoms with Gasteiger partial charge in [0.15, 0.2) is 0 Å². The lowest BCUT2D eigenvalue weighted by atomic mass is 9.97. The van der Waals surface area contributed by atoms with Crippen LogP contribution in [0.3, 0.4) is 0 Å². The Balaban J connectivity index is 2.39. The third kappa shape index (κ3) is 1.87. The van der Waals surface area contributed by atoms with Gasteiger partial charge in [0.05, 0.1) is 5.92 Å². The fourth-order valence-corrected chi connectivity index (χ4v) is 1.33. The minimum atomic E-state index is -0.799. The van der Waals surface area contributed by atoms with E-state index in [-0.39, 0.29) is 5.92 Å². The van der Waals surface area contributed by atoms with E-state index in [1.807, 2.05) is 0 Å². The Hall–Kier alpha value is -1.26. The van der Waals surface area contributed by atoms with Gasteiger partial charge in [-0.1, -0.05) is 0 Å². The molecule has 67 valence electrons. The zero-order valence-corrected chi connectivity index (χ0v) is 6.62. The molecule has 0 bridgehead atoms. The SMILES string of the molecule is [NH]C(=O)N1CCC(C(=O)O)CC1. The van der Waals surface area contributed by atoms with Crippen LogP contribution in [0.4, 0.5) is 4.79 Å². The molecule has 1 saturated heterocycles. The van der Waals surface area contributed by atoms with Crippen LogP contribution in [-0.4, -0.2) is 35.1 Å². The fraction of sp³-hybridized carbons (Fsp3) is 0.714. The molecule has 1 radical (unpaired) electrons. The summed E-state index contributed by atoms with van der Waals surface area (Å²) < 4.78 is 0. The highest BCUT2D eigenvalue weighted by Crippen LogP contribution is 2.16. The molecule has 0 aromatic rings. The van der Waals surface area contributed by atoms with Crippen LogP contribution in [-0.2, 0) is 4.79 Å². The molecule has 1 aliphatic rings. The number of nitrogens with zero attached hydrogens (tertiary/aromatic N) is 1. The first-order valence-corrected chi connectivity index (χ1v) is 3.84. The molecule has 0 unspecified atom stereocenters. The third-order valence-corrected chi connectivity index (χ3v) is 2.13. The lowest BCUT2D eigenvalue weighted by Crippen LogP contribution is -2.39. The lowest BCUT2D eigenvalue weighted by molar-refractivity contribution is -0.143. The molecule has 1 heterocycles. The van der Waals surface area contributed by atoms with E-state index in [0.29, 0.717) is 25.9 Å². The number of carboxylic acids is 1. The molecule has 0 aromatic heterocycles. The minimum absolute atomic E-state index is 0.333. The maximum Gasteiger partial charge on any atom is 0.336 e. The first kappa shape index (κ1) is 8.83. The van der Waals surface area contributed by atoms with Gasteiger partial charge in [0, 0.05) is 13.1 Å². The topological polar surface area (TPSA) is 81.4 Å². The molecule has 5 heteroatoms. The van der Waals surface area contributed by atoms with Gasteiger partial charge >= 0.3 is 12.0 Å². The summed E-state index contributed by atoms with van der Waals surface area (Å²) in [5.41, 5.74) is 6.78. The van der Waals surface area contributed by atoms with Crippen LogP contribution in [0.15, 0.2) is 0 Å². The second kappa shape index (κ2) is 3.42. The maximum absolute atomic E-state index is 10.5. The molecule has 5 nitrogen and oxygen atoms in total. The van der Waals surface area contributed by atoms with Gasteiger partial charge < -0.3 is 10.0 Å². The lowest BCUT2D eigenvalue weighted by Gasteiger charge is -2.27. The highest BCUT2D eigenvalue weighted by atomic mass is 16.4. The van der Waals surface area contributed by atoms with Crippen LogP contribution in [0.2, 0.25) is 0 Å². The molecule has 0 spiro atoms. The Morgan fingerprint density at radius 2 is 1.83 bits per heavy atom. The second-order valence-corrected chi connectivity index (χ2v) is 2.90. The Labute approximate surface area is 70.1 Å². The number of carboxylic acid groups (broad SMARTS) is 1. The molecule has 1 rings (SSSR count). The number of urea groups is 1. The number of piperidine rings is 1. The number of amides is 2. The van der Waals surface area contributed by atoms with Crippen molar-refractivity contribution in [3.63, 3.8) is 0 Å². The van der Waals surface area contributed by atoms with E-state index in [0.717, 1.165) is 0 Å². The van der Waals surface area contributed by atoms with E-state index in [2.05, 4.69) is 0 Å². The van der Waals surface area contributed by atoms with Crippen molar-refractivity contribution in [1.82, 2.24) is 10.6 Å². The van der Waals surface area contributed by atoms with Crippen molar-refractivity contribution in [1.29, 1.82) is 0 Å². The average Bonchev–Trinajstić information content (AvgIpc) is 2.04. The molecule has 1 aliphatic heterocycles. The smallest absolute Gasteiger partial charge is 0.336 e. The summed E-state index contributed by atoms with van der Waals surface area (Å²) in [6, 6.07) is -0.709. The predicted molar refractivity (Wildman–Crippen MR) is 40.4 cm³/mol. The summed E-state index contributed by atoms with van der Waals surface area (Å²) in [6.07, 6.45) is 0.944. The first-order valence-electron chi connectivity index (χ1n) is 3.84. The molecule has 0 aromatic carbocycles. The summed E-state index contributed by atoms with van der Waals surface area (Å²) in [4.78, 5) is 22.4. The van der Waals surface area contributed by atoms with E-state index in [1.165, 1.54) is 4.90 Å². The highest BCUT2D eigenvalue weighted by Gasteiger charge is 2.25. The Morgan fingerprint density at radius 3 is 2.17 bits per heavy atom. The van der Waals surface area contributed by atoms with Gasteiger partial charge in [-0.3, -0.25) is 4.79 Å². The highest BCUT2D eigenvalue weighted by molar-refractivity contribution is 5.73. The molecule has 2 amide bonds. The standard InChI is InChI=1S/C7H11N2O3/c8-7(12)9-3-1-5(2-4-9)6(10)11/h5,8H,1-4H2,(H,10,11).